The second kappa shape index (κ2) is 5.35. The normalized spacial score (nSPS) is 18.3. The fourth-order valence-corrected chi connectivity index (χ4v) is 1.49. The lowest BCUT2D eigenvalue weighted by Gasteiger charge is -2.15. The number of esters is 1. The number of hydrogen-bond acceptors (Lipinski definition) is 3. The number of hydrogen-bond donors (Lipinski definition) is 1. The summed E-state index contributed by atoms with van der Waals surface area (Å²) >= 11 is 0. The summed E-state index contributed by atoms with van der Waals surface area (Å²) in [6, 6.07) is 0.572. The Hall–Kier alpha value is -0.570. The van der Waals surface area contributed by atoms with Gasteiger partial charge in [-0.2, -0.15) is 0 Å². The molecule has 0 aliphatic heterocycles. The molecule has 1 atom stereocenters. The summed E-state index contributed by atoms with van der Waals surface area (Å²) < 4.78 is 5.24. The Labute approximate surface area is 86.2 Å². The molecule has 0 radical (unpaired) electrons. The first kappa shape index (κ1) is 11.5. The van der Waals surface area contributed by atoms with Crippen molar-refractivity contribution < 1.29 is 9.53 Å². The van der Waals surface area contributed by atoms with Crippen LogP contribution >= 0.6 is 0 Å². The van der Waals surface area contributed by atoms with E-state index in [2.05, 4.69) is 19.2 Å². The Kier molecular flexibility index (Phi) is 4.39. The molecule has 1 fully saturated rings. The van der Waals surface area contributed by atoms with E-state index in [1.807, 2.05) is 6.92 Å². The molecule has 0 aromatic rings. The SMILES string of the molecule is CC(C)CC(C)OC(=O)CNC1CC1. The van der Waals surface area contributed by atoms with Crippen LogP contribution in [-0.4, -0.2) is 24.7 Å². The summed E-state index contributed by atoms with van der Waals surface area (Å²) in [5.74, 6) is 0.458. The summed E-state index contributed by atoms with van der Waals surface area (Å²) in [4.78, 5) is 11.3. The summed E-state index contributed by atoms with van der Waals surface area (Å²) in [6.45, 7) is 6.59. The molecule has 0 amide bonds. The van der Waals surface area contributed by atoms with E-state index in [0.717, 1.165) is 6.42 Å². The molecular weight excluding hydrogens is 178 g/mol. The molecule has 0 saturated heterocycles. The minimum Gasteiger partial charge on any atom is -0.462 e. The van der Waals surface area contributed by atoms with Crippen LogP contribution in [0.3, 0.4) is 0 Å². The van der Waals surface area contributed by atoms with Crippen molar-refractivity contribution in [1.82, 2.24) is 5.32 Å². The predicted octanol–water partition coefficient (Wildman–Crippen LogP) is 1.72. The predicted molar refractivity (Wildman–Crippen MR) is 56.0 cm³/mol. The van der Waals surface area contributed by atoms with E-state index in [4.69, 9.17) is 4.74 Å². The summed E-state index contributed by atoms with van der Waals surface area (Å²) in [7, 11) is 0. The van der Waals surface area contributed by atoms with Gasteiger partial charge in [-0.3, -0.25) is 4.79 Å². The van der Waals surface area contributed by atoms with Gasteiger partial charge in [-0.25, -0.2) is 0 Å². The van der Waals surface area contributed by atoms with Crippen LogP contribution < -0.4 is 5.32 Å². The molecule has 14 heavy (non-hydrogen) atoms. The highest BCUT2D eigenvalue weighted by Crippen LogP contribution is 2.18. The van der Waals surface area contributed by atoms with E-state index >= 15 is 0 Å². The lowest BCUT2D eigenvalue weighted by molar-refractivity contribution is -0.147. The van der Waals surface area contributed by atoms with E-state index < -0.39 is 0 Å². The lowest BCUT2D eigenvalue weighted by atomic mass is 10.1. The number of carbonyl (C=O) groups excluding carboxylic acids is 1. The van der Waals surface area contributed by atoms with E-state index in [1.165, 1.54) is 12.8 Å². The van der Waals surface area contributed by atoms with Gasteiger partial charge in [-0.15, -0.1) is 0 Å². The third kappa shape index (κ3) is 5.22. The van der Waals surface area contributed by atoms with Gasteiger partial charge in [0.05, 0.1) is 12.6 Å². The average Bonchev–Trinajstić information content (AvgIpc) is 2.81. The van der Waals surface area contributed by atoms with Crippen molar-refractivity contribution in [2.45, 2.75) is 52.2 Å². The van der Waals surface area contributed by atoms with E-state index in [-0.39, 0.29) is 12.1 Å². The molecule has 1 saturated carbocycles. The van der Waals surface area contributed by atoms with Gasteiger partial charge in [0.2, 0.25) is 0 Å². The van der Waals surface area contributed by atoms with E-state index in [1.54, 1.807) is 0 Å². The van der Waals surface area contributed by atoms with Crippen LogP contribution in [0.1, 0.15) is 40.0 Å². The Morgan fingerprint density at radius 3 is 2.57 bits per heavy atom. The quantitative estimate of drug-likeness (QED) is 0.662. The van der Waals surface area contributed by atoms with Gasteiger partial charge in [0, 0.05) is 6.04 Å². The van der Waals surface area contributed by atoms with Crippen molar-refractivity contribution in [3.63, 3.8) is 0 Å². The maximum atomic E-state index is 11.3. The molecular formula is C11H21NO2. The zero-order valence-corrected chi connectivity index (χ0v) is 9.38. The number of ether oxygens (including phenoxy) is 1. The molecule has 0 heterocycles. The van der Waals surface area contributed by atoms with Crippen molar-refractivity contribution in [1.29, 1.82) is 0 Å². The monoisotopic (exact) mass is 199 g/mol. The average molecular weight is 199 g/mol. The molecule has 0 aromatic carbocycles. The van der Waals surface area contributed by atoms with Crippen LogP contribution in [-0.2, 0) is 9.53 Å². The fourth-order valence-electron chi connectivity index (χ4n) is 1.49. The number of carbonyl (C=O) groups is 1. The first-order chi connectivity index (χ1) is 6.58. The minimum absolute atomic E-state index is 0.0449. The van der Waals surface area contributed by atoms with Crippen LogP contribution in [0.2, 0.25) is 0 Å². The van der Waals surface area contributed by atoms with E-state index in [9.17, 15) is 4.79 Å². The lowest BCUT2D eigenvalue weighted by Crippen LogP contribution is -2.29. The van der Waals surface area contributed by atoms with Crippen molar-refractivity contribution >= 4 is 5.97 Å². The molecule has 0 bridgehead atoms. The summed E-state index contributed by atoms with van der Waals surface area (Å²) in [6.07, 6.45) is 3.39. The van der Waals surface area contributed by atoms with E-state index in [0.29, 0.717) is 18.5 Å². The Bertz CT molecular complexity index is 188. The van der Waals surface area contributed by atoms with Gasteiger partial charge >= 0.3 is 5.97 Å². The van der Waals surface area contributed by atoms with Gasteiger partial charge in [0.25, 0.3) is 0 Å². The molecule has 0 aromatic heterocycles. The van der Waals surface area contributed by atoms with Crippen molar-refractivity contribution in [2.75, 3.05) is 6.54 Å². The zero-order valence-electron chi connectivity index (χ0n) is 9.38. The smallest absolute Gasteiger partial charge is 0.320 e. The molecule has 82 valence electrons. The van der Waals surface area contributed by atoms with Crippen molar-refractivity contribution in [2.24, 2.45) is 5.92 Å². The number of rotatable bonds is 6. The maximum absolute atomic E-state index is 11.3. The minimum atomic E-state index is -0.120. The van der Waals surface area contributed by atoms with Crippen LogP contribution in [0.4, 0.5) is 0 Å². The molecule has 3 nitrogen and oxygen atoms in total. The molecule has 1 unspecified atom stereocenters. The second-order valence-corrected chi connectivity index (χ2v) is 4.59. The summed E-state index contributed by atoms with van der Waals surface area (Å²) in [5.41, 5.74) is 0. The highest BCUT2D eigenvalue weighted by Gasteiger charge is 2.22. The number of nitrogens with one attached hydrogen (secondary N) is 1. The molecule has 1 N–H and O–H groups in total. The Balaban J connectivity index is 2.05. The molecule has 1 aliphatic carbocycles. The topological polar surface area (TPSA) is 38.3 Å². The second-order valence-electron chi connectivity index (χ2n) is 4.59. The first-order valence-corrected chi connectivity index (χ1v) is 5.50. The van der Waals surface area contributed by atoms with Gasteiger partial charge in [0.15, 0.2) is 0 Å². The highest BCUT2D eigenvalue weighted by atomic mass is 16.5. The fraction of sp³-hybridized carbons (Fsp3) is 0.909. The van der Waals surface area contributed by atoms with Crippen LogP contribution in [0.15, 0.2) is 0 Å². The maximum Gasteiger partial charge on any atom is 0.320 e. The van der Waals surface area contributed by atoms with Crippen molar-refractivity contribution in [3.8, 4) is 0 Å². The van der Waals surface area contributed by atoms with Gasteiger partial charge in [0.1, 0.15) is 0 Å². The molecule has 0 spiro atoms. The third-order valence-electron chi connectivity index (χ3n) is 2.25. The molecule has 3 heteroatoms. The molecule has 1 aliphatic rings. The van der Waals surface area contributed by atoms with Crippen LogP contribution in [0.5, 0.6) is 0 Å². The third-order valence-corrected chi connectivity index (χ3v) is 2.25. The Morgan fingerprint density at radius 1 is 1.43 bits per heavy atom. The van der Waals surface area contributed by atoms with Gasteiger partial charge in [-0.05, 0) is 32.1 Å². The zero-order chi connectivity index (χ0) is 10.6. The van der Waals surface area contributed by atoms with Crippen LogP contribution in [0.25, 0.3) is 0 Å². The Morgan fingerprint density at radius 2 is 2.07 bits per heavy atom. The summed E-state index contributed by atoms with van der Waals surface area (Å²) in [5, 5.41) is 3.14. The van der Waals surface area contributed by atoms with Crippen molar-refractivity contribution in [3.05, 3.63) is 0 Å². The molecule has 1 rings (SSSR count). The highest BCUT2D eigenvalue weighted by molar-refractivity contribution is 5.71. The largest absolute Gasteiger partial charge is 0.462 e. The van der Waals surface area contributed by atoms with Gasteiger partial charge < -0.3 is 10.1 Å². The van der Waals surface area contributed by atoms with Gasteiger partial charge in [-0.1, -0.05) is 13.8 Å². The standard InChI is InChI=1S/C11H21NO2/c1-8(2)6-9(3)14-11(13)7-12-10-4-5-10/h8-10,12H,4-7H2,1-3H3. The van der Waals surface area contributed by atoms with Crippen LogP contribution in [0, 0.1) is 5.92 Å². The first-order valence-electron chi connectivity index (χ1n) is 5.50.